The molecule has 0 atom stereocenters. The van der Waals surface area contributed by atoms with Crippen LogP contribution in [-0.4, -0.2) is 20.5 Å². The molecule has 2 heteroatoms. The number of ether oxygens (including phenoxy) is 2. The van der Waals surface area contributed by atoms with Gasteiger partial charge in [0, 0.05) is 20.6 Å². The molecule has 0 rings (SSSR count). The van der Waals surface area contributed by atoms with Crippen LogP contribution in [0, 0.1) is 11.8 Å². The standard InChI is InChI=1S/C7H12O2/c1-4-5-6-7(8-2)9-3/h7H,4H2,1-3H3. The van der Waals surface area contributed by atoms with E-state index in [2.05, 4.69) is 11.8 Å². The zero-order chi connectivity index (χ0) is 7.11. The van der Waals surface area contributed by atoms with Gasteiger partial charge in [-0.25, -0.2) is 0 Å². The van der Waals surface area contributed by atoms with Crippen molar-refractivity contribution in [3.8, 4) is 11.8 Å². The number of rotatable bonds is 2. The summed E-state index contributed by atoms with van der Waals surface area (Å²) in [6.45, 7) is 1.98. The Kier molecular flexibility index (Phi) is 5.29. The van der Waals surface area contributed by atoms with Gasteiger partial charge in [0.2, 0.25) is 6.29 Å². The van der Waals surface area contributed by atoms with Crippen LogP contribution in [0.15, 0.2) is 0 Å². The molecule has 52 valence electrons. The van der Waals surface area contributed by atoms with Gasteiger partial charge in [0.15, 0.2) is 0 Å². The van der Waals surface area contributed by atoms with E-state index in [0.29, 0.717) is 0 Å². The molecule has 0 unspecified atom stereocenters. The van der Waals surface area contributed by atoms with Gasteiger partial charge in [0.1, 0.15) is 0 Å². The molecule has 0 N–H and O–H groups in total. The predicted octanol–water partition coefficient (Wildman–Crippen LogP) is 1.02. The molecule has 0 heterocycles. The number of hydrogen-bond donors (Lipinski definition) is 0. The minimum Gasteiger partial charge on any atom is -0.345 e. The van der Waals surface area contributed by atoms with E-state index in [1.54, 1.807) is 14.2 Å². The molecule has 0 aromatic heterocycles. The van der Waals surface area contributed by atoms with Gasteiger partial charge < -0.3 is 9.47 Å². The Labute approximate surface area is 56.2 Å². The Balaban J connectivity index is 3.54. The summed E-state index contributed by atoms with van der Waals surface area (Å²) in [5.41, 5.74) is 0. The summed E-state index contributed by atoms with van der Waals surface area (Å²) in [5.74, 6) is 5.62. The molecule has 0 amide bonds. The van der Waals surface area contributed by atoms with Gasteiger partial charge in [-0.05, 0) is 5.92 Å². The summed E-state index contributed by atoms with van der Waals surface area (Å²) in [7, 11) is 3.14. The first-order valence-electron chi connectivity index (χ1n) is 2.89. The maximum Gasteiger partial charge on any atom is 0.221 e. The lowest BCUT2D eigenvalue weighted by Crippen LogP contribution is -2.08. The first kappa shape index (κ1) is 8.48. The summed E-state index contributed by atoms with van der Waals surface area (Å²) < 4.78 is 9.61. The van der Waals surface area contributed by atoms with Gasteiger partial charge in [-0.15, -0.1) is 0 Å². The third kappa shape index (κ3) is 4.01. The molecule has 0 saturated heterocycles. The van der Waals surface area contributed by atoms with Crippen molar-refractivity contribution in [2.45, 2.75) is 19.6 Å². The van der Waals surface area contributed by atoms with Crippen LogP contribution in [0.3, 0.4) is 0 Å². The minimum atomic E-state index is -0.357. The fourth-order valence-corrected chi connectivity index (χ4v) is 0.399. The molecule has 0 aromatic rings. The van der Waals surface area contributed by atoms with E-state index in [0.717, 1.165) is 6.42 Å². The number of hydrogen-bond acceptors (Lipinski definition) is 2. The average molecular weight is 128 g/mol. The first-order valence-corrected chi connectivity index (χ1v) is 2.89. The number of methoxy groups -OCH3 is 2. The second kappa shape index (κ2) is 5.61. The highest BCUT2D eigenvalue weighted by Gasteiger charge is 1.94. The van der Waals surface area contributed by atoms with Gasteiger partial charge in [0.05, 0.1) is 0 Å². The lowest BCUT2D eigenvalue weighted by molar-refractivity contribution is -0.0595. The van der Waals surface area contributed by atoms with Crippen molar-refractivity contribution >= 4 is 0 Å². The van der Waals surface area contributed by atoms with Crippen LogP contribution in [0.4, 0.5) is 0 Å². The van der Waals surface area contributed by atoms with Crippen molar-refractivity contribution in [1.82, 2.24) is 0 Å². The van der Waals surface area contributed by atoms with E-state index in [1.165, 1.54) is 0 Å². The zero-order valence-electron chi connectivity index (χ0n) is 6.10. The maximum atomic E-state index is 4.81. The van der Waals surface area contributed by atoms with Crippen molar-refractivity contribution in [1.29, 1.82) is 0 Å². The zero-order valence-corrected chi connectivity index (χ0v) is 6.10. The normalized spacial score (nSPS) is 8.89. The van der Waals surface area contributed by atoms with E-state index in [4.69, 9.17) is 9.47 Å². The Morgan fingerprint density at radius 3 is 2.22 bits per heavy atom. The molecule has 0 radical (unpaired) electrons. The largest absolute Gasteiger partial charge is 0.345 e. The lowest BCUT2D eigenvalue weighted by atomic mass is 10.4. The lowest BCUT2D eigenvalue weighted by Gasteiger charge is -2.03. The highest BCUT2D eigenvalue weighted by atomic mass is 16.7. The van der Waals surface area contributed by atoms with Crippen LogP contribution in [0.5, 0.6) is 0 Å². The molecule has 0 bridgehead atoms. The molecular weight excluding hydrogens is 116 g/mol. The van der Waals surface area contributed by atoms with Crippen LogP contribution < -0.4 is 0 Å². The Bertz CT molecular complexity index is 106. The molecular formula is C7H12O2. The molecule has 0 aliphatic rings. The maximum absolute atomic E-state index is 4.81. The van der Waals surface area contributed by atoms with Gasteiger partial charge in [0.25, 0.3) is 0 Å². The van der Waals surface area contributed by atoms with Crippen molar-refractivity contribution in [3.05, 3.63) is 0 Å². The van der Waals surface area contributed by atoms with Gasteiger partial charge in [-0.1, -0.05) is 12.8 Å². The average Bonchev–Trinajstić information content (AvgIpc) is 1.91. The molecule has 0 aliphatic heterocycles. The molecule has 2 nitrogen and oxygen atoms in total. The fraction of sp³-hybridized carbons (Fsp3) is 0.714. The SMILES string of the molecule is CCC#CC(OC)OC. The van der Waals surface area contributed by atoms with Gasteiger partial charge >= 0.3 is 0 Å². The van der Waals surface area contributed by atoms with Crippen molar-refractivity contribution in [3.63, 3.8) is 0 Å². The van der Waals surface area contributed by atoms with E-state index >= 15 is 0 Å². The highest BCUT2D eigenvalue weighted by Crippen LogP contribution is 1.86. The third-order valence-electron chi connectivity index (χ3n) is 0.825. The van der Waals surface area contributed by atoms with Gasteiger partial charge in [-0.3, -0.25) is 0 Å². The van der Waals surface area contributed by atoms with E-state index in [1.807, 2.05) is 6.92 Å². The molecule has 0 aromatic carbocycles. The van der Waals surface area contributed by atoms with Crippen LogP contribution in [-0.2, 0) is 9.47 Å². The summed E-state index contributed by atoms with van der Waals surface area (Å²) in [4.78, 5) is 0. The van der Waals surface area contributed by atoms with Crippen LogP contribution in [0.1, 0.15) is 13.3 Å². The summed E-state index contributed by atoms with van der Waals surface area (Å²) in [6, 6.07) is 0. The summed E-state index contributed by atoms with van der Waals surface area (Å²) in [5, 5.41) is 0. The molecule has 0 fully saturated rings. The monoisotopic (exact) mass is 128 g/mol. The second-order valence-electron chi connectivity index (χ2n) is 1.48. The van der Waals surface area contributed by atoms with Crippen molar-refractivity contribution in [2.75, 3.05) is 14.2 Å². The smallest absolute Gasteiger partial charge is 0.221 e. The summed E-state index contributed by atoms with van der Waals surface area (Å²) >= 11 is 0. The highest BCUT2D eigenvalue weighted by molar-refractivity contribution is 5.00. The Morgan fingerprint density at radius 2 is 1.89 bits per heavy atom. The first-order chi connectivity index (χ1) is 4.35. The summed E-state index contributed by atoms with van der Waals surface area (Å²) in [6.07, 6.45) is 0.480. The van der Waals surface area contributed by atoms with Crippen molar-refractivity contribution < 1.29 is 9.47 Å². The van der Waals surface area contributed by atoms with E-state index in [9.17, 15) is 0 Å². The van der Waals surface area contributed by atoms with Crippen LogP contribution in [0.2, 0.25) is 0 Å². The Hall–Kier alpha value is -0.520. The molecule has 0 aliphatic carbocycles. The molecule has 0 saturated carbocycles. The second-order valence-corrected chi connectivity index (χ2v) is 1.48. The Morgan fingerprint density at radius 1 is 1.33 bits per heavy atom. The van der Waals surface area contributed by atoms with E-state index < -0.39 is 0 Å². The van der Waals surface area contributed by atoms with Crippen LogP contribution >= 0.6 is 0 Å². The molecule has 0 spiro atoms. The topological polar surface area (TPSA) is 18.5 Å². The van der Waals surface area contributed by atoms with E-state index in [-0.39, 0.29) is 6.29 Å². The predicted molar refractivity (Wildman–Crippen MR) is 35.9 cm³/mol. The quantitative estimate of drug-likeness (QED) is 0.408. The minimum absolute atomic E-state index is 0.357. The van der Waals surface area contributed by atoms with Gasteiger partial charge in [-0.2, -0.15) is 0 Å². The fourth-order valence-electron chi connectivity index (χ4n) is 0.399. The van der Waals surface area contributed by atoms with Crippen LogP contribution in [0.25, 0.3) is 0 Å². The molecule has 9 heavy (non-hydrogen) atoms. The van der Waals surface area contributed by atoms with Crippen molar-refractivity contribution in [2.24, 2.45) is 0 Å². The third-order valence-corrected chi connectivity index (χ3v) is 0.825.